The van der Waals surface area contributed by atoms with Gasteiger partial charge in [-0.1, -0.05) is 19.3 Å². The topological polar surface area (TPSA) is 60.0 Å². The highest BCUT2D eigenvalue weighted by atomic mass is 127. The maximum atomic E-state index is 12.7. The molecule has 2 aliphatic rings. The normalized spacial score (nSPS) is 22.3. The van der Waals surface area contributed by atoms with Gasteiger partial charge in [0.15, 0.2) is 5.96 Å². The molecule has 2 rings (SSSR count). The van der Waals surface area contributed by atoms with Crippen molar-refractivity contribution in [3.8, 4) is 0 Å². The second kappa shape index (κ2) is 10.7. The smallest absolute Gasteiger partial charge is 0.225 e. The van der Waals surface area contributed by atoms with E-state index in [0.29, 0.717) is 11.9 Å². The van der Waals surface area contributed by atoms with Crippen molar-refractivity contribution in [3.05, 3.63) is 0 Å². The van der Waals surface area contributed by atoms with E-state index in [1.807, 2.05) is 0 Å². The summed E-state index contributed by atoms with van der Waals surface area (Å²) in [5.41, 5.74) is 0.0519. The van der Waals surface area contributed by atoms with Crippen LogP contribution in [0, 0.1) is 5.92 Å². The molecule has 1 saturated carbocycles. The third kappa shape index (κ3) is 6.55. The predicted octanol–water partition coefficient (Wildman–Crippen LogP) is 2.29. The Kier molecular flexibility index (Phi) is 9.64. The van der Waals surface area contributed by atoms with Crippen LogP contribution in [-0.4, -0.2) is 74.0 Å². The van der Waals surface area contributed by atoms with E-state index in [1.54, 1.807) is 7.05 Å². The maximum Gasteiger partial charge on any atom is 0.225 e. The molecular weight excluding hydrogens is 441 g/mol. The van der Waals surface area contributed by atoms with Crippen LogP contribution in [0.4, 0.5) is 0 Å². The van der Waals surface area contributed by atoms with E-state index in [4.69, 9.17) is 0 Å². The molecule has 1 atom stereocenters. The van der Waals surface area contributed by atoms with Crippen LogP contribution in [0.5, 0.6) is 0 Å². The maximum absolute atomic E-state index is 12.7. The standard InChI is InChI=1S/C19H37N5O.HI/c1-19(2,23(4)5)14-21-18(20-3)22-16-11-12-24(13-16)17(25)15-9-7-6-8-10-15;/h15-16H,6-14H2,1-5H3,(H2,20,21,22);1H. The van der Waals surface area contributed by atoms with Crippen molar-refractivity contribution in [1.82, 2.24) is 20.4 Å². The zero-order valence-electron chi connectivity index (χ0n) is 17.2. The van der Waals surface area contributed by atoms with Gasteiger partial charge in [0, 0.05) is 44.2 Å². The molecule has 1 saturated heterocycles. The molecule has 0 bridgehead atoms. The van der Waals surface area contributed by atoms with Crippen molar-refractivity contribution < 1.29 is 4.79 Å². The molecule has 0 aromatic rings. The van der Waals surface area contributed by atoms with Crippen LogP contribution < -0.4 is 10.6 Å². The molecule has 0 radical (unpaired) electrons. The lowest BCUT2D eigenvalue weighted by Gasteiger charge is -2.33. The van der Waals surface area contributed by atoms with E-state index in [0.717, 1.165) is 44.9 Å². The van der Waals surface area contributed by atoms with Gasteiger partial charge in [-0.3, -0.25) is 9.79 Å². The van der Waals surface area contributed by atoms with Crippen LogP contribution >= 0.6 is 24.0 Å². The summed E-state index contributed by atoms with van der Waals surface area (Å²) in [5, 5.41) is 6.91. The van der Waals surface area contributed by atoms with Gasteiger partial charge in [-0.15, -0.1) is 24.0 Å². The minimum absolute atomic E-state index is 0. The minimum atomic E-state index is 0. The molecule has 1 aliphatic carbocycles. The third-order valence-electron chi connectivity index (χ3n) is 5.92. The van der Waals surface area contributed by atoms with Crippen molar-refractivity contribution in [2.45, 2.75) is 64.0 Å². The molecule has 1 amide bonds. The average Bonchev–Trinajstić information content (AvgIpc) is 3.07. The number of likely N-dealkylation sites (tertiary alicyclic amines) is 1. The van der Waals surface area contributed by atoms with Gasteiger partial charge in [0.2, 0.25) is 5.91 Å². The number of nitrogens with one attached hydrogen (secondary N) is 2. The van der Waals surface area contributed by atoms with Crippen LogP contribution in [0.1, 0.15) is 52.4 Å². The van der Waals surface area contributed by atoms with E-state index in [-0.39, 0.29) is 35.4 Å². The number of halogens is 1. The molecule has 26 heavy (non-hydrogen) atoms. The van der Waals surface area contributed by atoms with E-state index >= 15 is 0 Å². The predicted molar refractivity (Wildman–Crippen MR) is 119 cm³/mol. The SMILES string of the molecule is CN=C(NCC(C)(C)N(C)C)NC1CCN(C(=O)C2CCCCC2)C1.I. The highest BCUT2D eigenvalue weighted by Crippen LogP contribution is 2.26. The number of aliphatic imine (C=N–C) groups is 1. The summed E-state index contributed by atoms with van der Waals surface area (Å²) in [5.74, 6) is 1.47. The summed E-state index contributed by atoms with van der Waals surface area (Å²) < 4.78 is 0. The number of guanidine groups is 1. The van der Waals surface area contributed by atoms with Crippen molar-refractivity contribution in [3.63, 3.8) is 0 Å². The number of hydrogen-bond donors (Lipinski definition) is 2. The Bertz CT molecular complexity index is 475. The van der Waals surface area contributed by atoms with Gasteiger partial charge in [0.05, 0.1) is 0 Å². The van der Waals surface area contributed by atoms with Gasteiger partial charge in [0.1, 0.15) is 0 Å². The Balaban J connectivity index is 0.00000338. The second-order valence-electron chi connectivity index (χ2n) is 8.38. The lowest BCUT2D eigenvalue weighted by atomic mass is 9.88. The Labute approximate surface area is 176 Å². The molecule has 0 aromatic carbocycles. The molecule has 0 aromatic heterocycles. The fraction of sp³-hybridized carbons (Fsp3) is 0.895. The molecule has 2 N–H and O–H groups in total. The van der Waals surface area contributed by atoms with E-state index < -0.39 is 0 Å². The minimum Gasteiger partial charge on any atom is -0.355 e. The number of likely N-dealkylation sites (N-methyl/N-ethyl adjacent to an activating group) is 1. The Morgan fingerprint density at radius 1 is 1.19 bits per heavy atom. The quantitative estimate of drug-likeness (QED) is 0.361. The fourth-order valence-electron chi connectivity index (χ4n) is 3.53. The Morgan fingerprint density at radius 3 is 2.42 bits per heavy atom. The third-order valence-corrected chi connectivity index (χ3v) is 5.92. The summed E-state index contributed by atoms with van der Waals surface area (Å²) in [7, 11) is 5.98. The van der Waals surface area contributed by atoms with Gasteiger partial charge in [-0.25, -0.2) is 0 Å². The zero-order chi connectivity index (χ0) is 18.4. The van der Waals surface area contributed by atoms with E-state index in [9.17, 15) is 4.79 Å². The first kappa shape index (κ1) is 23.5. The molecule has 1 aliphatic heterocycles. The molecule has 1 heterocycles. The van der Waals surface area contributed by atoms with Gasteiger partial charge in [0.25, 0.3) is 0 Å². The van der Waals surface area contributed by atoms with Crippen molar-refractivity contribution in [2.24, 2.45) is 10.9 Å². The van der Waals surface area contributed by atoms with E-state index in [1.165, 1.54) is 19.3 Å². The van der Waals surface area contributed by atoms with Crippen LogP contribution in [0.2, 0.25) is 0 Å². The van der Waals surface area contributed by atoms with Gasteiger partial charge >= 0.3 is 0 Å². The van der Waals surface area contributed by atoms with Crippen LogP contribution in [-0.2, 0) is 4.79 Å². The number of carbonyl (C=O) groups excluding carboxylic acids is 1. The van der Waals surface area contributed by atoms with Gasteiger partial charge < -0.3 is 20.4 Å². The summed E-state index contributed by atoms with van der Waals surface area (Å²) in [6, 6.07) is 0.293. The molecule has 6 nitrogen and oxygen atoms in total. The number of carbonyl (C=O) groups is 1. The average molecular weight is 479 g/mol. The largest absolute Gasteiger partial charge is 0.355 e. The van der Waals surface area contributed by atoms with Crippen molar-refractivity contribution in [2.75, 3.05) is 40.8 Å². The first-order valence-electron chi connectivity index (χ1n) is 9.77. The Hall–Kier alpha value is -0.570. The van der Waals surface area contributed by atoms with Crippen molar-refractivity contribution >= 4 is 35.8 Å². The number of rotatable bonds is 5. The molecule has 7 heteroatoms. The van der Waals surface area contributed by atoms with E-state index in [2.05, 4.69) is 53.4 Å². The lowest BCUT2D eigenvalue weighted by molar-refractivity contribution is -0.135. The summed E-state index contributed by atoms with van der Waals surface area (Å²) in [4.78, 5) is 21.3. The highest BCUT2D eigenvalue weighted by molar-refractivity contribution is 14.0. The first-order valence-corrected chi connectivity index (χ1v) is 9.77. The van der Waals surface area contributed by atoms with Gasteiger partial charge in [-0.2, -0.15) is 0 Å². The van der Waals surface area contributed by atoms with Gasteiger partial charge in [-0.05, 0) is 47.2 Å². The first-order chi connectivity index (χ1) is 11.8. The fourth-order valence-corrected chi connectivity index (χ4v) is 3.53. The van der Waals surface area contributed by atoms with Crippen molar-refractivity contribution in [1.29, 1.82) is 0 Å². The molecule has 152 valence electrons. The molecular formula is C19H38IN5O. The van der Waals surface area contributed by atoms with Crippen LogP contribution in [0.15, 0.2) is 4.99 Å². The van der Waals surface area contributed by atoms with Crippen LogP contribution in [0.3, 0.4) is 0 Å². The number of nitrogens with zero attached hydrogens (tertiary/aromatic N) is 3. The summed E-state index contributed by atoms with van der Waals surface area (Å²) in [6.07, 6.45) is 6.87. The molecule has 2 fully saturated rings. The Morgan fingerprint density at radius 2 is 1.85 bits per heavy atom. The molecule has 0 spiro atoms. The number of hydrogen-bond acceptors (Lipinski definition) is 3. The lowest BCUT2D eigenvalue weighted by Crippen LogP contribution is -2.52. The monoisotopic (exact) mass is 479 g/mol. The van der Waals surface area contributed by atoms with Crippen LogP contribution in [0.25, 0.3) is 0 Å². The molecule has 1 unspecified atom stereocenters. The highest BCUT2D eigenvalue weighted by Gasteiger charge is 2.32. The second-order valence-corrected chi connectivity index (χ2v) is 8.38. The summed E-state index contributed by atoms with van der Waals surface area (Å²) in [6.45, 7) is 6.89. The summed E-state index contributed by atoms with van der Waals surface area (Å²) >= 11 is 0. The zero-order valence-corrected chi connectivity index (χ0v) is 19.5. The number of amides is 1.